The van der Waals surface area contributed by atoms with Crippen molar-refractivity contribution >= 4 is 12.0 Å². The summed E-state index contributed by atoms with van der Waals surface area (Å²) >= 11 is 0. The predicted octanol–water partition coefficient (Wildman–Crippen LogP) is 1.98. The minimum Gasteiger partial charge on any atom is -0.481 e. The molecule has 18 heavy (non-hydrogen) atoms. The van der Waals surface area contributed by atoms with Crippen LogP contribution >= 0.6 is 0 Å². The largest absolute Gasteiger partial charge is 0.481 e. The molecule has 5 heteroatoms. The number of nitrogens with one attached hydrogen (secondary N) is 2. The van der Waals surface area contributed by atoms with Gasteiger partial charge in [-0.25, -0.2) is 4.79 Å². The van der Waals surface area contributed by atoms with Crippen molar-refractivity contribution in [2.75, 3.05) is 6.54 Å². The van der Waals surface area contributed by atoms with Crippen molar-refractivity contribution in [1.29, 1.82) is 0 Å². The van der Waals surface area contributed by atoms with Gasteiger partial charge in [0.05, 0.1) is 0 Å². The van der Waals surface area contributed by atoms with Crippen LogP contribution in [0.4, 0.5) is 4.79 Å². The Kier molecular flexibility index (Phi) is 5.95. The average Bonchev–Trinajstić information content (AvgIpc) is 2.28. The van der Waals surface area contributed by atoms with Gasteiger partial charge in [-0.05, 0) is 37.5 Å². The summed E-state index contributed by atoms with van der Waals surface area (Å²) in [7, 11) is 0. The summed E-state index contributed by atoms with van der Waals surface area (Å²) in [4.78, 5) is 21.9. The third-order valence-corrected chi connectivity index (χ3v) is 3.60. The molecule has 0 bridgehead atoms. The molecule has 104 valence electrons. The lowest BCUT2D eigenvalue weighted by Crippen LogP contribution is -2.47. The first-order valence-electron chi connectivity index (χ1n) is 6.75. The molecule has 0 spiro atoms. The summed E-state index contributed by atoms with van der Waals surface area (Å²) in [6, 6.07) is 0.0764. The SMILES string of the molecule is CC1CCC(NC(=O)NCCCC(=O)O)C(C)C1. The quantitative estimate of drug-likeness (QED) is 0.658. The maximum absolute atomic E-state index is 11.6. The molecule has 0 radical (unpaired) electrons. The summed E-state index contributed by atoms with van der Waals surface area (Å²) < 4.78 is 0. The van der Waals surface area contributed by atoms with Crippen LogP contribution in [0.3, 0.4) is 0 Å². The molecule has 0 aromatic rings. The second kappa shape index (κ2) is 7.24. The van der Waals surface area contributed by atoms with Crippen LogP contribution in [0.15, 0.2) is 0 Å². The smallest absolute Gasteiger partial charge is 0.315 e. The number of hydrogen-bond donors (Lipinski definition) is 3. The molecule has 1 aliphatic rings. The van der Waals surface area contributed by atoms with Gasteiger partial charge in [0.15, 0.2) is 0 Å². The first kappa shape index (κ1) is 14.8. The van der Waals surface area contributed by atoms with E-state index in [1.165, 1.54) is 0 Å². The van der Waals surface area contributed by atoms with E-state index in [2.05, 4.69) is 24.5 Å². The average molecular weight is 256 g/mol. The molecule has 5 nitrogen and oxygen atoms in total. The van der Waals surface area contributed by atoms with Gasteiger partial charge < -0.3 is 15.7 Å². The van der Waals surface area contributed by atoms with Gasteiger partial charge in [-0.3, -0.25) is 4.79 Å². The molecule has 1 fully saturated rings. The fraction of sp³-hybridized carbons (Fsp3) is 0.846. The maximum Gasteiger partial charge on any atom is 0.315 e. The molecule has 0 aromatic carbocycles. The minimum absolute atomic E-state index is 0.0949. The molecule has 2 amide bonds. The van der Waals surface area contributed by atoms with Gasteiger partial charge in [-0.15, -0.1) is 0 Å². The number of carbonyl (C=O) groups is 2. The molecule has 0 aromatic heterocycles. The minimum atomic E-state index is -0.827. The van der Waals surface area contributed by atoms with Gasteiger partial charge >= 0.3 is 12.0 Å². The number of rotatable bonds is 5. The van der Waals surface area contributed by atoms with Crippen LogP contribution in [0.2, 0.25) is 0 Å². The van der Waals surface area contributed by atoms with E-state index in [9.17, 15) is 9.59 Å². The van der Waals surface area contributed by atoms with E-state index in [-0.39, 0.29) is 18.5 Å². The zero-order valence-corrected chi connectivity index (χ0v) is 11.2. The van der Waals surface area contributed by atoms with Crippen molar-refractivity contribution in [3.05, 3.63) is 0 Å². The molecule has 1 rings (SSSR count). The number of urea groups is 1. The van der Waals surface area contributed by atoms with Crippen molar-refractivity contribution in [2.24, 2.45) is 11.8 Å². The highest BCUT2D eigenvalue weighted by atomic mass is 16.4. The number of carbonyl (C=O) groups excluding carboxylic acids is 1. The van der Waals surface area contributed by atoms with E-state index in [1.807, 2.05) is 0 Å². The summed E-state index contributed by atoms with van der Waals surface area (Å²) in [5.74, 6) is 0.433. The molecular weight excluding hydrogens is 232 g/mol. The van der Waals surface area contributed by atoms with Gasteiger partial charge in [-0.2, -0.15) is 0 Å². The lowest BCUT2D eigenvalue weighted by atomic mass is 9.80. The van der Waals surface area contributed by atoms with Gasteiger partial charge in [0.1, 0.15) is 0 Å². The fourth-order valence-electron chi connectivity index (χ4n) is 2.54. The Bertz CT molecular complexity index is 294. The van der Waals surface area contributed by atoms with Crippen LogP contribution in [0, 0.1) is 11.8 Å². The van der Waals surface area contributed by atoms with Crippen molar-refractivity contribution in [1.82, 2.24) is 10.6 Å². The van der Waals surface area contributed by atoms with Gasteiger partial charge in [0.2, 0.25) is 0 Å². The lowest BCUT2D eigenvalue weighted by molar-refractivity contribution is -0.137. The number of aliphatic carboxylic acids is 1. The maximum atomic E-state index is 11.6. The summed E-state index contributed by atoms with van der Waals surface area (Å²) in [6.45, 7) is 4.83. The topological polar surface area (TPSA) is 78.4 Å². The Morgan fingerprint density at radius 1 is 1.28 bits per heavy atom. The molecule has 0 heterocycles. The molecule has 1 saturated carbocycles. The van der Waals surface area contributed by atoms with Crippen molar-refractivity contribution < 1.29 is 14.7 Å². The Morgan fingerprint density at radius 3 is 2.61 bits per heavy atom. The van der Waals surface area contributed by atoms with Crippen LogP contribution in [0.1, 0.15) is 46.0 Å². The normalized spacial score (nSPS) is 27.6. The summed E-state index contributed by atoms with van der Waals surface area (Å²) in [5, 5.41) is 14.2. The molecule has 1 aliphatic carbocycles. The third kappa shape index (κ3) is 5.38. The summed E-state index contributed by atoms with van der Waals surface area (Å²) in [6.07, 6.45) is 3.92. The van der Waals surface area contributed by atoms with Crippen molar-refractivity contribution in [3.8, 4) is 0 Å². The highest BCUT2D eigenvalue weighted by Crippen LogP contribution is 2.28. The van der Waals surface area contributed by atoms with Crippen LogP contribution < -0.4 is 10.6 Å². The third-order valence-electron chi connectivity index (χ3n) is 3.60. The predicted molar refractivity (Wildman–Crippen MR) is 69.4 cm³/mol. The van der Waals surface area contributed by atoms with E-state index in [0.717, 1.165) is 25.2 Å². The molecule has 3 atom stereocenters. The second-order valence-electron chi connectivity index (χ2n) is 5.40. The van der Waals surface area contributed by atoms with E-state index in [1.54, 1.807) is 0 Å². The highest BCUT2D eigenvalue weighted by molar-refractivity contribution is 5.74. The Hall–Kier alpha value is -1.26. The van der Waals surface area contributed by atoms with Crippen molar-refractivity contribution in [3.63, 3.8) is 0 Å². The van der Waals surface area contributed by atoms with Gasteiger partial charge in [-0.1, -0.05) is 13.8 Å². The highest BCUT2D eigenvalue weighted by Gasteiger charge is 2.26. The van der Waals surface area contributed by atoms with E-state index in [0.29, 0.717) is 18.9 Å². The number of hydrogen-bond acceptors (Lipinski definition) is 2. The van der Waals surface area contributed by atoms with E-state index in [4.69, 9.17) is 5.11 Å². The monoisotopic (exact) mass is 256 g/mol. The Morgan fingerprint density at radius 2 is 2.00 bits per heavy atom. The van der Waals surface area contributed by atoms with E-state index >= 15 is 0 Å². The summed E-state index contributed by atoms with van der Waals surface area (Å²) in [5.41, 5.74) is 0. The number of carboxylic acids is 1. The zero-order valence-electron chi connectivity index (χ0n) is 11.2. The second-order valence-corrected chi connectivity index (χ2v) is 5.40. The standard InChI is InChI=1S/C13H24N2O3/c1-9-5-6-11(10(2)8-9)15-13(18)14-7-3-4-12(16)17/h9-11H,3-8H2,1-2H3,(H,16,17)(H2,14,15,18). The molecule has 3 unspecified atom stereocenters. The zero-order chi connectivity index (χ0) is 13.5. The molecule has 0 saturated heterocycles. The van der Waals surface area contributed by atoms with Crippen LogP contribution in [-0.2, 0) is 4.79 Å². The molecule has 3 N–H and O–H groups in total. The first-order chi connectivity index (χ1) is 8.49. The molecular formula is C13H24N2O3. The van der Waals surface area contributed by atoms with Crippen LogP contribution in [0.5, 0.6) is 0 Å². The van der Waals surface area contributed by atoms with Gasteiger partial charge in [0, 0.05) is 19.0 Å². The van der Waals surface area contributed by atoms with Crippen LogP contribution in [0.25, 0.3) is 0 Å². The van der Waals surface area contributed by atoms with Gasteiger partial charge in [0.25, 0.3) is 0 Å². The Labute approximate surface area is 108 Å². The molecule has 0 aliphatic heterocycles. The lowest BCUT2D eigenvalue weighted by Gasteiger charge is -2.33. The van der Waals surface area contributed by atoms with Crippen molar-refractivity contribution in [2.45, 2.75) is 52.0 Å². The number of carboxylic acid groups (broad SMARTS) is 1. The van der Waals surface area contributed by atoms with Crippen LogP contribution in [-0.4, -0.2) is 29.7 Å². The fourth-order valence-corrected chi connectivity index (χ4v) is 2.54. The number of amides is 2. The van der Waals surface area contributed by atoms with E-state index < -0.39 is 5.97 Å². The first-order valence-corrected chi connectivity index (χ1v) is 6.75. The Balaban J connectivity index is 2.17.